The fraction of sp³-hybridized carbons (Fsp3) is 0.400. The number of nitrogens with zero attached hydrogens (tertiary/aromatic N) is 2. The maximum Gasteiger partial charge on any atom is 0.435 e. The Morgan fingerprint density at radius 1 is 1.09 bits per heavy atom. The van der Waals surface area contributed by atoms with Crippen LogP contribution in [0, 0.1) is 5.92 Å². The zero-order valence-electron chi connectivity index (χ0n) is 19.4. The quantitative estimate of drug-likeness (QED) is 0.286. The predicted molar refractivity (Wildman–Crippen MR) is 137 cm³/mol. The first-order valence-electron chi connectivity index (χ1n) is 11.6. The fourth-order valence-electron chi connectivity index (χ4n) is 3.82. The number of benzene rings is 2. The second kappa shape index (κ2) is 13.2. The van der Waals surface area contributed by atoms with E-state index in [0.29, 0.717) is 24.4 Å². The van der Waals surface area contributed by atoms with Crippen molar-refractivity contribution in [1.82, 2.24) is 9.99 Å². The molecule has 2 unspecified atom stereocenters. The van der Waals surface area contributed by atoms with Gasteiger partial charge in [0.25, 0.3) is 0 Å². The average molecular weight is 484 g/mol. The number of ether oxygens (including phenoxy) is 1. The number of hydrogen-bond donors (Lipinski definition) is 3. The molecule has 8 nitrogen and oxygen atoms in total. The van der Waals surface area contributed by atoms with E-state index in [1.165, 1.54) is 0 Å². The van der Waals surface area contributed by atoms with Crippen LogP contribution in [0.15, 0.2) is 59.6 Å². The van der Waals surface area contributed by atoms with E-state index in [-0.39, 0.29) is 18.3 Å². The van der Waals surface area contributed by atoms with Crippen LogP contribution in [-0.4, -0.2) is 41.6 Å². The summed E-state index contributed by atoms with van der Waals surface area (Å²) < 4.78 is 7.38. The number of amidine groups is 1. The highest BCUT2D eigenvalue weighted by Gasteiger charge is 2.20. The van der Waals surface area contributed by atoms with E-state index in [1.807, 2.05) is 42.5 Å². The summed E-state index contributed by atoms with van der Waals surface area (Å²) in [4.78, 5) is 28.1. The van der Waals surface area contributed by atoms with E-state index >= 15 is 0 Å². The maximum atomic E-state index is 12.4. The summed E-state index contributed by atoms with van der Waals surface area (Å²) in [6.45, 7) is 2.66. The normalized spacial score (nSPS) is 16.1. The summed E-state index contributed by atoms with van der Waals surface area (Å²) in [6.07, 6.45) is 3.24. The number of nitrogens with one attached hydrogen (secondary N) is 1. The highest BCUT2D eigenvalue weighted by molar-refractivity contribution is 7.13. The van der Waals surface area contributed by atoms with Crippen LogP contribution in [0.3, 0.4) is 0 Å². The van der Waals surface area contributed by atoms with Gasteiger partial charge in [0.2, 0.25) is 5.91 Å². The summed E-state index contributed by atoms with van der Waals surface area (Å²) in [5.74, 6) is 0.573. The van der Waals surface area contributed by atoms with E-state index in [0.717, 1.165) is 43.5 Å². The van der Waals surface area contributed by atoms with Gasteiger partial charge in [-0.05, 0) is 42.7 Å². The van der Waals surface area contributed by atoms with Gasteiger partial charge >= 0.3 is 6.09 Å². The molecule has 1 heterocycles. The largest absolute Gasteiger partial charge is 0.443 e. The van der Waals surface area contributed by atoms with Crippen molar-refractivity contribution >= 4 is 27.2 Å². The number of amides is 2. The Morgan fingerprint density at radius 2 is 1.76 bits per heavy atom. The third kappa shape index (κ3) is 8.52. The van der Waals surface area contributed by atoms with Crippen LogP contribution >= 0.6 is 9.39 Å². The Kier molecular flexibility index (Phi) is 10.0. The molecule has 0 spiro atoms. The Hall–Kier alpha value is -2.80. The van der Waals surface area contributed by atoms with E-state index in [9.17, 15) is 9.59 Å². The minimum absolute atomic E-state index is 0.0724. The lowest BCUT2D eigenvalue weighted by atomic mass is 9.91. The number of nitrogens with two attached hydrogens (primary N) is 2. The molecule has 0 aliphatic carbocycles. The Balaban J connectivity index is 1.40. The number of piperidine rings is 1. The van der Waals surface area contributed by atoms with E-state index in [1.54, 1.807) is 12.1 Å². The van der Waals surface area contributed by atoms with Crippen LogP contribution in [-0.2, 0) is 22.7 Å². The summed E-state index contributed by atoms with van der Waals surface area (Å²) >= 11 is 0. The summed E-state index contributed by atoms with van der Waals surface area (Å²) in [6, 6.07) is 16.0. The lowest BCUT2D eigenvalue weighted by Crippen LogP contribution is -2.40. The van der Waals surface area contributed by atoms with Crippen LogP contribution in [0.4, 0.5) is 4.79 Å². The third-order valence-electron chi connectivity index (χ3n) is 6.01. The zero-order chi connectivity index (χ0) is 24.3. The van der Waals surface area contributed by atoms with Crippen molar-refractivity contribution in [2.45, 2.75) is 44.9 Å². The lowest BCUT2D eigenvalue weighted by Gasteiger charge is -2.29. The van der Waals surface area contributed by atoms with Crippen molar-refractivity contribution in [3.8, 4) is 0 Å². The predicted octanol–water partition coefficient (Wildman–Crippen LogP) is 2.95. The number of hydrogen-bond acceptors (Lipinski definition) is 5. The van der Waals surface area contributed by atoms with E-state index in [2.05, 4.69) is 24.4 Å². The molecule has 0 aromatic heterocycles. The monoisotopic (exact) mass is 483 g/mol. The van der Waals surface area contributed by atoms with Crippen molar-refractivity contribution in [3.63, 3.8) is 0 Å². The van der Waals surface area contributed by atoms with Gasteiger partial charge in [-0.3, -0.25) is 9.46 Å². The van der Waals surface area contributed by atoms with Gasteiger partial charge < -0.3 is 21.5 Å². The summed E-state index contributed by atoms with van der Waals surface area (Å²) in [7, 11) is 2.75. The van der Waals surface area contributed by atoms with Gasteiger partial charge in [-0.25, -0.2) is 4.79 Å². The molecule has 9 heteroatoms. The molecule has 1 saturated heterocycles. The number of aliphatic imine (C=N–C) groups is 1. The van der Waals surface area contributed by atoms with Crippen LogP contribution in [0.25, 0.3) is 0 Å². The molecule has 182 valence electrons. The van der Waals surface area contributed by atoms with Crippen molar-refractivity contribution < 1.29 is 14.3 Å². The van der Waals surface area contributed by atoms with Gasteiger partial charge in [0.05, 0.1) is 6.04 Å². The molecule has 34 heavy (non-hydrogen) atoms. The third-order valence-corrected chi connectivity index (χ3v) is 6.52. The molecule has 2 atom stereocenters. The SMILES string of the molecule is NC(=NC(=O)OCc1ccccc1)c1ccc(CNC(=O)C(N)CCC2CCN(P)CC2)cc1. The van der Waals surface area contributed by atoms with Crippen molar-refractivity contribution in [2.24, 2.45) is 22.4 Å². The second-order valence-corrected chi connectivity index (χ2v) is 9.35. The summed E-state index contributed by atoms with van der Waals surface area (Å²) in [5, 5.41) is 2.90. The molecule has 1 fully saturated rings. The number of carbonyl (C=O) groups is 2. The Labute approximate surface area is 203 Å². The van der Waals surface area contributed by atoms with Crippen LogP contribution < -0.4 is 16.8 Å². The molecule has 1 aliphatic rings. The molecule has 5 N–H and O–H groups in total. The van der Waals surface area contributed by atoms with Gasteiger partial charge in [0.1, 0.15) is 12.4 Å². The first-order valence-corrected chi connectivity index (χ1v) is 12.1. The standard InChI is InChI=1S/C25H34N5O3P/c26-22(11-8-18-12-14-30(34)15-13-18)24(31)28-16-19-6-9-21(10-7-19)23(27)29-25(32)33-17-20-4-2-1-3-5-20/h1-7,9-10,18,22H,8,11-17,26,34H2,(H,28,31)(H2,27,29,32). The molecular weight excluding hydrogens is 449 g/mol. The van der Waals surface area contributed by atoms with Crippen LogP contribution in [0.2, 0.25) is 0 Å². The molecule has 0 bridgehead atoms. The molecule has 2 amide bonds. The molecule has 0 radical (unpaired) electrons. The molecule has 2 aromatic rings. The fourth-order valence-corrected chi connectivity index (χ4v) is 4.11. The van der Waals surface area contributed by atoms with E-state index in [4.69, 9.17) is 16.2 Å². The van der Waals surface area contributed by atoms with Gasteiger partial charge in [-0.15, -0.1) is 0 Å². The first kappa shape index (κ1) is 25.8. The second-order valence-electron chi connectivity index (χ2n) is 8.62. The summed E-state index contributed by atoms with van der Waals surface area (Å²) in [5.41, 5.74) is 14.4. The van der Waals surface area contributed by atoms with Gasteiger partial charge in [0.15, 0.2) is 0 Å². The van der Waals surface area contributed by atoms with Crippen LogP contribution in [0.5, 0.6) is 0 Å². The molecule has 2 aromatic carbocycles. The average Bonchev–Trinajstić information content (AvgIpc) is 2.86. The van der Waals surface area contributed by atoms with Gasteiger partial charge in [-0.1, -0.05) is 64.0 Å². The van der Waals surface area contributed by atoms with Crippen molar-refractivity contribution in [2.75, 3.05) is 13.1 Å². The molecule has 3 rings (SSSR count). The number of carbonyl (C=O) groups excluding carboxylic acids is 2. The zero-order valence-corrected chi connectivity index (χ0v) is 20.5. The molecule has 0 saturated carbocycles. The van der Waals surface area contributed by atoms with Crippen molar-refractivity contribution in [3.05, 3.63) is 71.3 Å². The molecule has 1 aliphatic heterocycles. The highest BCUT2D eigenvalue weighted by Crippen LogP contribution is 2.23. The first-order chi connectivity index (χ1) is 16.4. The lowest BCUT2D eigenvalue weighted by molar-refractivity contribution is -0.122. The Bertz CT molecular complexity index is 960. The minimum atomic E-state index is -0.745. The minimum Gasteiger partial charge on any atom is -0.443 e. The van der Waals surface area contributed by atoms with E-state index < -0.39 is 12.1 Å². The topological polar surface area (TPSA) is 123 Å². The number of rotatable bonds is 9. The van der Waals surface area contributed by atoms with Crippen LogP contribution in [0.1, 0.15) is 42.4 Å². The smallest absolute Gasteiger partial charge is 0.435 e. The molecular formula is C25H34N5O3P. The van der Waals surface area contributed by atoms with Gasteiger partial charge in [-0.2, -0.15) is 4.99 Å². The van der Waals surface area contributed by atoms with Gasteiger partial charge in [0, 0.05) is 25.2 Å². The highest BCUT2D eigenvalue weighted by atomic mass is 31.0. The maximum absolute atomic E-state index is 12.4. The Morgan fingerprint density at radius 3 is 2.44 bits per heavy atom. The van der Waals surface area contributed by atoms with Crippen molar-refractivity contribution in [1.29, 1.82) is 0 Å².